The molecule has 1 unspecified atom stereocenters. The van der Waals surface area contributed by atoms with Gasteiger partial charge in [0.25, 0.3) is 0 Å². The minimum atomic E-state index is 0.749. The van der Waals surface area contributed by atoms with Crippen molar-refractivity contribution < 1.29 is 0 Å². The molecule has 21 heavy (non-hydrogen) atoms. The fourth-order valence-corrected chi connectivity index (χ4v) is 3.62. The molecule has 2 aromatic rings. The van der Waals surface area contributed by atoms with E-state index in [1.165, 1.54) is 23.3 Å². The average molecular weight is 302 g/mol. The zero-order valence-corrected chi connectivity index (χ0v) is 13.5. The van der Waals surface area contributed by atoms with E-state index in [-0.39, 0.29) is 0 Å². The van der Waals surface area contributed by atoms with Crippen LogP contribution in [0.3, 0.4) is 0 Å². The van der Waals surface area contributed by atoms with Gasteiger partial charge in [-0.2, -0.15) is 0 Å². The van der Waals surface area contributed by atoms with Crippen LogP contribution in [0.4, 0.5) is 11.6 Å². The van der Waals surface area contributed by atoms with Gasteiger partial charge in [-0.1, -0.05) is 6.92 Å². The highest BCUT2D eigenvalue weighted by molar-refractivity contribution is 7.10. The zero-order chi connectivity index (χ0) is 14.7. The molecule has 0 saturated carbocycles. The Morgan fingerprint density at radius 3 is 3.10 bits per heavy atom. The van der Waals surface area contributed by atoms with Gasteiger partial charge in [-0.05, 0) is 42.7 Å². The standard InChI is InChI=1S/C16H22N4S/c1-12-4-3-6-20(10-12)16-8-15(18-11-19-16)17-9-14-13(2)5-7-21-14/h5,7-8,11-12H,3-4,6,9-10H2,1-2H3,(H,17,18,19). The number of rotatable bonds is 4. The summed E-state index contributed by atoms with van der Waals surface area (Å²) in [6, 6.07) is 4.23. The number of hydrogen-bond acceptors (Lipinski definition) is 5. The Morgan fingerprint density at radius 2 is 2.33 bits per heavy atom. The molecule has 0 aromatic carbocycles. The summed E-state index contributed by atoms with van der Waals surface area (Å²) in [5.74, 6) is 2.70. The van der Waals surface area contributed by atoms with Crippen LogP contribution in [0.2, 0.25) is 0 Å². The molecule has 0 amide bonds. The molecule has 0 aliphatic carbocycles. The Kier molecular flexibility index (Phi) is 4.39. The summed E-state index contributed by atoms with van der Waals surface area (Å²) in [5, 5.41) is 5.54. The lowest BCUT2D eigenvalue weighted by Crippen LogP contribution is -2.34. The van der Waals surface area contributed by atoms with Crippen LogP contribution >= 0.6 is 11.3 Å². The smallest absolute Gasteiger partial charge is 0.134 e. The van der Waals surface area contributed by atoms with Crippen molar-refractivity contribution >= 4 is 23.0 Å². The zero-order valence-electron chi connectivity index (χ0n) is 12.7. The third-order valence-electron chi connectivity index (χ3n) is 4.03. The van der Waals surface area contributed by atoms with Gasteiger partial charge < -0.3 is 10.2 Å². The SMILES string of the molecule is Cc1ccsc1CNc1cc(N2CCCC(C)C2)ncn1. The summed E-state index contributed by atoms with van der Waals surface area (Å²) in [5.41, 5.74) is 1.34. The summed E-state index contributed by atoms with van der Waals surface area (Å²) in [4.78, 5) is 12.5. The molecule has 3 heterocycles. The number of aromatic nitrogens is 2. The number of nitrogens with zero attached hydrogens (tertiary/aromatic N) is 3. The van der Waals surface area contributed by atoms with E-state index in [2.05, 4.69) is 51.5 Å². The quantitative estimate of drug-likeness (QED) is 0.935. The van der Waals surface area contributed by atoms with Crippen LogP contribution in [-0.2, 0) is 6.54 Å². The first-order chi connectivity index (χ1) is 10.2. The Morgan fingerprint density at radius 1 is 1.43 bits per heavy atom. The molecule has 1 aliphatic rings. The number of hydrogen-bond donors (Lipinski definition) is 1. The van der Waals surface area contributed by atoms with Crippen molar-refractivity contribution in [2.24, 2.45) is 5.92 Å². The van der Waals surface area contributed by atoms with Gasteiger partial charge in [0.05, 0.1) is 6.54 Å². The molecule has 112 valence electrons. The van der Waals surface area contributed by atoms with E-state index in [4.69, 9.17) is 0 Å². The van der Waals surface area contributed by atoms with E-state index in [0.717, 1.165) is 37.2 Å². The van der Waals surface area contributed by atoms with Crippen molar-refractivity contribution in [1.82, 2.24) is 9.97 Å². The van der Waals surface area contributed by atoms with Crippen LogP contribution in [0.1, 0.15) is 30.2 Å². The predicted molar refractivity (Wildman–Crippen MR) is 89.0 cm³/mol. The second-order valence-electron chi connectivity index (χ2n) is 5.84. The molecule has 3 rings (SSSR count). The summed E-state index contributed by atoms with van der Waals surface area (Å²) in [6.07, 6.45) is 4.24. The first-order valence-electron chi connectivity index (χ1n) is 7.56. The third-order valence-corrected chi connectivity index (χ3v) is 5.05. The lowest BCUT2D eigenvalue weighted by atomic mass is 10.0. The van der Waals surface area contributed by atoms with Crippen LogP contribution in [-0.4, -0.2) is 23.1 Å². The van der Waals surface area contributed by atoms with E-state index in [1.807, 2.05) is 0 Å². The van der Waals surface area contributed by atoms with E-state index >= 15 is 0 Å². The van der Waals surface area contributed by atoms with Crippen LogP contribution in [0.25, 0.3) is 0 Å². The fourth-order valence-electron chi connectivity index (χ4n) is 2.77. The summed E-state index contributed by atoms with van der Waals surface area (Å²) in [7, 11) is 0. The van der Waals surface area contributed by atoms with Gasteiger partial charge in [0.15, 0.2) is 0 Å². The molecule has 4 nitrogen and oxygen atoms in total. The van der Waals surface area contributed by atoms with Gasteiger partial charge >= 0.3 is 0 Å². The lowest BCUT2D eigenvalue weighted by molar-refractivity contribution is 0.444. The molecule has 1 atom stereocenters. The van der Waals surface area contributed by atoms with E-state index in [1.54, 1.807) is 17.7 Å². The molecule has 1 aliphatic heterocycles. The molecule has 1 saturated heterocycles. The largest absolute Gasteiger partial charge is 0.365 e. The predicted octanol–water partition coefficient (Wildman–Crippen LogP) is 3.69. The minimum Gasteiger partial charge on any atom is -0.365 e. The topological polar surface area (TPSA) is 41.0 Å². The average Bonchev–Trinajstić information content (AvgIpc) is 2.91. The second-order valence-corrected chi connectivity index (χ2v) is 6.84. The van der Waals surface area contributed by atoms with Gasteiger partial charge in [-0.3, -0.25) is 0 Å². The minimum absolute atomic E-state index is 0.749. The summed E-state index contributed by atoms with van der Waals surface area (Å²) >= 11 is 1.79. The maximum atomic E-state index is 4.44. The monoisotopic (exact) mass is 302 g/mol. The second kappa shape index (κ2) is 6.43. The van der Waals surface area contributed by atoms with E-state index in [9.17, 15) is 0 Å². The van der Waals surface area contributed by atoms with Crippen LogP contribution < -0.4 is 10.2 Å². The maximum Gasteiger partial charge on any atom is 0.134 e. The highest BCUT2D eigenvalue weighted by Gasteiger charge is 2.17. The van der Waals surface area contributed by atoms with Crippen LogP contribution in [0.5, 0.6) is 0 Å². The van der Waals surface area contributed by atoms with Crippen molar-refractivity contribution in [2.75, 3.05) is 23.3 Å². The highest BCUT2D eigenvalue weighted by Crippen LogP contribution is 2.23. The summed E-state index contributed by atoms with van der Waals surface area (Å²) in [6.45, 7) is 7.49. The van der Waals surface area contributed by atoms with Crippen molar-refractivity contribution in [3.8, 4) is 0 Å². The molecular formula is C16H22N4S. The molecule has 0 spiro atoms. The Labute approximate surface area is 130 Å². The maximum absolute atomic E-state index is 4.44. The molecule has 0 radical (unpaired) electrons. The lowest BCUT2D eigenvalue weighted by Gasteiger charge is -2.31. The van der Waals surface area contributed by atoms with Gasteiger partial charge in [-0.25, -0.2) is 9.97 Å². The van der Waals surface area contributed by atoms with Crippen molar-refractivity contribution in [3.63, 3.8) is 0 Å². The molecule has 5 heteroatoms. The van der Waals surface area contributed by atoms with Crippen molar-refractivity contribution in [3.05, 3.63) is 34.3 Å². The Bertz CT molecular complexity index is 595. The number of anilines is 2. The number of thiophene rings is 1. The Hall–Kier alpha value is -1.62. The first-order valence-corrected chi connectivity index (χ1v) is 8.44. The van der Waals surface area contributed by atoms with Gasteiger partial charge in [-0.15, -0.1) is 11.3 Å². The van der Waals surface area contributed by atoms with Gasteiger partial charge in [0, 0.05) is 24.0 Å². The van der Waals surface area contributed by atoms with Crippen molar-refractivity contribution in [2.45, 2.75) is 33.2 Å². The molecule has 2 aromatic heterocycles. The normalized spacial score (nSPS) is 18.8. The summed E-state index contributed by atoms with van der Waals surface area (Å²) < 4.78 is 0. The molecule has 1 N–H and O–H groups in total. The Balaban J connectivity index is 1.67. The van der Waals surface area contributed by atoms with Gasteiger partial charge in [0.1, 0.15) is 18.0 Å². The number of aryl methyl sites for hydroxylation is 1. The van der Waals surface area contributed by atoms with Crippen molar-refractivity contribution in [1.29, 1.82) is 0 Å². The molecule has 1 fully saturated rings. The highest BCUT2D eigenvalue weighted by atomic mass is 32.1. The molecular weight excluding hydrogens is 280 g/mol. The molecule has 0 bridgehead atoms. The van der Waals surface area contributed by atoms with E-state index in [0.29, 0.717) is 0 Å². The third kappa shape index (κ3) is 3.53. The van der Waals surface area contributed by atoms with Crippen LogP contribution in [0, 0.1) is 12.8 Å². The number of piperidine rings is 1. The van der Waals surface area contributed by atoms with E-state index < -0.39 is 0 Å². The van der Waals surface area contributed by atoms with Crippen LogP contribution in [0.15, 0.2) is 23.8 Å². The van der Waals surface area contributed by atoms with Gasteiger partial charge in [0.2, 0.25) is 0 Å². The number of nitrogens with one attached hydrogen (secondary N) is 1. The first kappa shape index (κ1) is 14.3. The fraction of sp³-hybridized carbons (Fsp3) is 0.500.